The molecular weight excluding hydrogens is 220 g/mol. The highest BCUT2D eigenvalue weighted by Crippen LogP contribution is 2.10. The first-order valence-corrected chi connectivity index (χ1v) is 7.39. The molecule has 0 unspecified atom stereocenters. The van der Waals surface area contributed by atoms with Gasteiger partial charge in [-0.05, 0) is 44.3 Å². The lowest BCUT2D eigenvalue weighted by atomic mass is 10.1. The average molecular weight is 246 g/mol. The van der Waals surface area contributed by atoms with Gasteiger partial charge in [-0.15, -0.1) is 0 Å². The second-order valence-electron chi connectivity index (χ2n) is 5.29. The molecule has 0 aromatic heterocycles. The molecule has 100 valence electrons. The normalized spacial score (nSPS) is 15.9. The molecule has 0 amide bonds. The van der Waals surface area contributed by atoms with Crippen molar-refractivity contribution in [2.24, 2.45) is 0 Å². The molecule has 1 saturated heterocycles. The second kappa shape index (κ2) is 7.55. The molecule has 0 saturated carbocycles. The first-order valence-electron chi connectivity index (χ1n) is 7.39. The fraction of sp³-hybridized carbons (Fsp3) is 0.625. The van der Waals surface area contributed by atoms with Gasteiger partial charge < -0.3 is 5.32 Å². The molecule has 1 aromatic carbocycles. The quantitative estimate of drug-likeness (QED) is 0.710. The van der Waals surface area contributed by atoms with Crippen molar-refractivity contribution in [1.82, 2.24) is 10.2 Å². The molecule has 2 nitrogen and oxygen atoms in total. The highest BCUT2D eigenvalue weighted by Gasteiger charge is 2.22. The Morgan fingerprint density at radius 2 is 1.89 bits per heavy atom. The van der Waals surface area contributed by atoms with E-state index in [-0.39, 0.29) is 0 Å². The van der Waals surface area contributed by atoms with Crippen LogP contribution in [0.5, 0.6) is 0 Å². The molecule has 0 spiro atoms. The first-order chi connectivity index (χ1) is 8.90. The average Bonchev–Trinajstić information content (AvgIpc) is 2.34. The predicted molar refractivity (Wildman–Crippen MR) is 77.9 cm³/mol. The van der Waals surface area contributed by atoms with Gasteiger partial charge in [-0.25, -0.2) is 0 Å². The third-order valence-corrected chi connectivity index (χ3v) is 3.79. The summed E-state index contributed by atoms with van der Waals surface area (Å²) in [6.45, 7) is 7.20. The number of hydrogen-bond acceptors (Lipinski definition) is 2. The standard InChI is InChI=1S/C16H26N2/c1-2-11-18(16-13-17-14-16)12-7-6-10-15-8-4-3-5-9-15/h3-5,8-9,16-17H,2,6-7,10-14H2,1H3. The molecule has 2 heteroatoms. The van der Waals surface area contributed by atoms with Crippen LogP contribution < -0.4 is 5.32 Å². The fourth-order valence-corrected chi connectivity index (χ4v) is 2.58. The molecule has 1 aromatic rings. The monoisotopic (exact) mass is 246 g/mol. The van der Waals surface area contributed by atoms with E-state index in [9.17, 15) is 0 Å². The van der Waals surface area contributed by atoms with Crippen LogP contribution in [0, 0.1) is 0 Å². The smallest absolute Gasteiger partial charge is 0.0345 e. The summed E-state index contributed by atoms with van der Waals surface area (Å²) >= 11 is 0. The van der Waals surface area contributed by atoms with Crippen molar-refractivity contribution < 1.29 is 0 Å². The van der Waals surface area contributed by atoms with Gasteiger partial charge in [-0.2, -0.15) is 0 Å². The molecule has 18 heavy (non-hydrogen) atoms. The largest absolute Gasteiger partial charge is 0.314 e. The molecule has 1 heterocycles. The maximum Gasteiger partial charge on any atom is 0.0345 e. The molecule has 1 aliphatic heterocycles. The van der Waals surface area contributed by atoms with Gasteiger partial charge in [0.25, 0.3) is 0 Å². The number of aryl methyl sites for hydroxylation is 1. The Bertz CT molecular complexity index is 319. The highest BCUT2D eigenvalue weighted by atomic mass is 15.2. The first kappa shape index (κ1) is 13.6. The number of nitrogens with one attached hydrogen (secondary N) is 1. The van der Waals surface area contributed by atoms with E-state index >= 15 is 0 Å². The number of benzene rings is 1. The van der Waals surface area contributed by atoms with E-state index < -0.39 is 0 Å². The molecule has 0 atom stereocenters. The molecule has 1 N–H and O–H groups in total. The number of nitrogens with zero attached hydrogens (tertiary/aromatic N) is 1. The van der Waals surface area contributed by atoms with Gasteiger partial charge in [-0.1, -0.05) is 37.3 Å². The van der Waals surface area contributed by atoms with Gasteiger partial charge in [-0.3, -0.25) is 4.90 Å². The fourth-order valence-electron chi connectivity index (χ4n) is 2.58. The van der Waals surface area contributed by atoms with Crippen molar-refractivity contribution >= 4 is 0 Å². The Labute approximate surface area is 111 Å². The van der Waals surface area contributed by atoms with E-state index in [1.807, 2.05) is 0 Å². The van der Waals surface area contributed by atoms with E-state index in [4.69, 9.17) is 0 Å². The molecule has 1 aliphatic rings. The van der Waals surface area contributed by atoms with Crippen LogP contribution in [0.4, 0.5) is 0 Å². The number of hydrogen-bond donors (Lipinski definition) is 1. The van der Waals surface area contributed by atoms with Gasteiger partial charge in [0, 0.05) is 19.1 Å². The van der Waals surface area contributed by atoms with Gasteiger partial charge >= 0.3 is 0 Å². The summed E-state index contributed by atoms with van der Waals surface area (Å²) in [5.41, 5.74) is 1.48. The van der Waals surface area contributed by atoms with Crippen LogP contribution in [0.15, 0.2) is 30.3 Å². The van der Waals surface area contributed by atoms with Crippen molar-refractivity contribution in [1.29, 1.82) is 0 Å². The summed E-state index contributed by atoms with van der Waals surface area (Å²) in [5, 5.41) is 3.37. The minimum absolute atomic E-state index is 0.807. The maximum atomic E-state index is 3.37. The predicted octanol–water partition coefficient (Wildman–Crippen LogP) is 2.69. The van der Waals surface area contributed by atoms with Crippen molar-refractivity contribution in [2.45, 2.75) is 38.6 Å². The third-order valence-electron chi connectivity index (χ3n) is 3.79. The Kier molecular flexibility index (Phi) is 5.69. The Morgan fingerprint density at radius 3 is 2.50 bits per heavy atom. The van der Waals surface area contributed by atoms with Crippen LogP contribution in [-0.4, -0.2) is 37.1 Å². The van der Waals surface area contributed by atoms with Gasteiger partial charge in [0.2, 0.25) is 0 Å². The van der Waals surface area contributed by atoms with Crippen LogP contribution in [0.2, 0.25) is 0 Å². The minimum Gasteiger partial charge on any atom is -0.314 e. The summed E-state index contributed by atoms with van der Waals surface area (Å²) in [6.07, 6.45) is 5.13. The van der Waals surface area contributed by atoms with Crippen molar-refractivity contribution in [3.05, 3.63) is 35.9 Å². The summed E-state index contributed by atoms with van der Waals surface area (Å²) in [4.78, 5) is 2.67. The Balaban J connectivity index is 1.63. The van der Waals surface area contributed by atoms with Crippen LogP contribution >= 0.6 is 0 Å². The number of unbranched alkanes of at least 4 members (excludes halogenated alkanes) is 1. The SMILES string of the molecule is CCCN(CCCCc1ccccc1)C1CNC1. The summed E-state index contributed by atoms with van der Waals surface area (Å²) in [7, 11) is 0. The molecule has 0 aliphatic carbocycles. The van der Waals surface area contributed by atoms with Crippen LogP contribution in [0.25, 0.3) is 0 Å². The topological polar surface area (TPSA) is 15.3 Å². The lowest BCUT2D eigenvalue weighted by Gasteiger charge is -2.38. The zero-order valence-corrected chi connectivity index (χ0v) is 11.6. The highest BCUT2D eigenvalue weighted by molar-refractivity contribution is 5.14. The lowest BCUT2D eigenvalue weighted by Crippen LogP contribution is -2.57. The van der Waals surface area contributed by atoms with E-state index in [1.54, 1.807) is 0 Å². The third kappa shape index (κ3) is 4.11. The van der Waals surface area contributed by atoms with Crippen molar-refractivity contribution in [3.8, 4) is 0 Å². The van der Waals surface area contributed by atoms with Gasteiger partial charge in [0.15, 0.2) is 0 Å². The maximum absolute atomic E-state index is 3.37. The van der Waals surface area contributed by atoms with Gasteiger partial charge in [0.05, 0.1) is 0 Å². The van der Waals surface area contributed by atoms with Crippen LogP contribution in [0.1, 0.15) is 31.7 Å². The molecular formula is C16H26N2. The summed E-state index contributed by atoms with van der Waals surface area (Å²) in [5.74, 6) is 0. The molecule has 1 fully saturated rings. The van der Waals surface area contributed by atoms with Crippen LogP contribution in [-0.2, 0) is 6.42 Å². The summed E-state index contributed by atoms with van der Waals surface area (Å²) in [6, 6.07) is 11.6. The molecule has 0 bridgehead atoms. The van der Waals surface area contributed by atoms with Crippen LogP contribution in [0.3, 0.4) is 0 Å². The summed E-state index contributed by atoms with van der Waals surface area (Å²) < 4.78 is 0. The van der Waals surface area contributed by atoms with E-state index in [2.05, 4.69) is 47.5 Å². The zero-order valence-electron chi connectivity index (χ0n) is 11.6. The van der Waals surface area contributed by atoms with E-state index in [0.29, 0.717) is 0 Å². The van der Waals surface area contributed by atoms with E-state index in [0.717, 1.165) is 6.04 Å². The van der Waals surface area contributed by atoms with Gasteiger partial charge in [0.1, 0.15) is 0 Å². The Hall–Kier alpha value is -0.860. The lowest BCUT2D eigenvalue weighted by molar-refractivity contribution is 0.143. The van der Waals surface area contributed by atoms with Crippen molar-refractivity contribution in [3.63, 3.8) is 0 Å². The minimum atomic E-state index is 0.807. The Morgan fingerprint density at radius 1 is 1.11 bits per heavy atom. The zero-order chi connectivity index (χ0) is 12.6. The molecule has 2 rings (SSSR count). The molecule has 0 radical (unpaired) electrons. The second-order valence-corrected chi connectivity index (χ2v) is 5.29. The van der Waals surface area contributed by atoms with E-state index in [1.165, 1.54) is 57.4 Å². The number of rotatable bonds is 8. The van der Waals surface area contributed by atoms with Crippen molar-refractivity contribution in [2.75, 3.05) is 26.2 Å².